The molecule has 0 saturated carbocycles. The molecule has 1 aliphatic rings. The number of rotatable bonds is 5. The molecule has 1 fully saturated rings. The maximum absolute atomic E-state index is 10.3. The monoisotopic (exact) mass is 312 g/mol. The highest BCUT2D eigenvalue weighted by Gasteiger charge is 2.19. The van der Waals surface area contributed by atoms with Crippen LogP contribution in [0.1, 0.15) is 23.7 Å². The fourth-order valence-corrected chi connectivity index (χ4v) is 2.89. The Labute approximate surface area is 137 Å². The van der Waals surface area contributed by atoms with Crippen LogP contribution in [-0.2, 0) is 0 Å². The lowest BCUT2D eigenvalue weighted by Gasteiger charge is -2.35. The summed E-state index contributed by atoms with van der Waals surface area (Å²) < 4.78 is 0. The van der Waals surface area contributed by atoms with Gasteiger partial charge in [-0.15, -0.1) is 0 Å². The van der Waals surface area contributed by atoms with E-state index in [1.807, 2.05) is 18.2 Å². The van der Waals surface area contributed by atoms with Gasteiger partial charge in [0.25, 0.3) is 0 Å². The normalized spacial score (nSPS) is 17.2. The van der Waals surface area contributed by atoms with E-state index < -0.39 is 0 Å². The van der Waals surface area contributed by atoms with Gasteiger partial charge in [-0.1, -0.05) is 29.8 Å². The first kappa shape index (κ1) is 15.9. The number of aryl methyl sites for hydroxylation is 1. The van der Waals surface area contributed by atoms with Crippen molar-refractivity contribution in [3.63, 3.8) is 0 Å². The molecular formula is C18H24N4O. The third-order valence-corrected chi connectivity index (χ3v) is 4.39. The summed E-state index contributed by atoms with van der Waals surface area (Å²) in [5.74, 6) is 0.812. The maximum Gasteiger partial charge on any atom is 0.225 e. The van der Waals surface area contributed by atoms with Gasteiger partial charge < -0.3 is 10.0 Å². The fraction of sp³-hybridized carbons (Fsp3) is 0.444. The van der Waals surface area contributed by atoms with Crippen LogP contribution in [0, 0.1) is 6.92 Å². The zero-order valence-electron chi connectivity index (χ0n) is 13.6. The van der Waals surface area contributed by atoms with Gasteiger partial charge in [0.05, 0.1) is 6.10 Å². The summed E-state index contributed by atoms with van der Waals surface area (Å²) in [6.45, 7) is 6.82. The summed E-state index contributed by atoms with van der Waals surface area (Å²) in [6.07, 6.45) is 3.95. The summed E-state index contributed by atoms with van der Waals surface area (Å²) in [4.78, 5) is 13.2. The molecule has 23 heavy (non-hydrogen) atoms. The van der Waals surface area contributed by atoms with Gasteiger partial charge in [0.2, 0.25) is 5.95 Å². The SMILES string of the molecule is Cc1ccc(C(O)CCN2CCN(c3ncccn3)CC2)cc1. The van der Waals surface area contributed by atoms with Gasteiger partial charge in [-0.05, 0) is 25.0 Å². The van der Waals surface area contributed by atoms with Gasteiger partial charge in [0.1, 0.15) is 0 Å². The van der Waals surface area contributed by atoms with Gasteiger partial charge in [-0.25, -0.2) is 9.97 Å². The van der Waals surface area contributed by atoms with Crippen molar-refractivity contribution in [1.82, 2.24) is 14.9 Å². The highest BCUT2D eigenvalue weighted by atomic mass is 16.3. The Hall–Kier alpha value is -1.98. The van der Waals surface area contributed by atoms with Gasteiger partial charge in [-0.3, -0.25) is 4.90 Å². The highest BCUT2D eigenvalue weighted by molar-refractivity contribution is 5.29. The molecule has 1 saturated heterocycles. The van der Waals surface area contributed by atoms with E-state index >= 15 is 0 Å². The van der Waals surface area contributed by atoms with Gasteiger partial charge in [0.15, 0.2) is 0 Å². The third-order valence-electron chi connectivity index (χ3n) is 4.39. The van der Waals surface area contributed by atoms with Gasteiger partial charge in [-0.2, -0.15) is 0 Å². The first-order valence-corrected chi connectivity index (χ1v) is 8.21. The number of aliphatic hydroxyl groups is 1. The minimum absolute atomic E-state index is 0.383. The molecule has 2 aromatic rings. The van der Waals surface area contributed by atoms with Crippen LogP contribution in [0.5, 0.6) is 0 Å². The van der Waals surface area contributed by atoms with Crippen LogP contribution < -0.4 is 4.90 Å². The molecule has 0 bridgehead atoms. The molecule has 1 atom stereocenters. The average Bonchev–Trinajstić information content (AvgIpc) is 2.61. The van der Waals surface area contributed by atoms with Crippen LogP contribution in [0.4, 0.5) is 5.95 Å². The van der Waals surface area contributed by atoms with E-state index in [1.165, 1.54) is 5.56 Å². The minimum Gasteiger partial charge on any atom is -0.388 e. The standard InChI is InChI=1S/C18H24N4O/c1-15-3-5-16(6-4-15)17(23)7-10-21-11-13-22(14-12-21)18-19-8-2-9-20-18/h2-6,8-9,17,23H,7,10-14H2,1H3. The molecule has 0 aliphatic carbocycles. The van der Waals surface area contributed by atoms with E-state index in [9.17, 15) is 5.11 Å². The summed E-state index contributed by atoms with van der Waals surface area (Å²) in [5, 5.41) is 10.3. The predicted octanol–water partition coefficient (Wildman–Crippen LogP) is 2.03. The molecule has 5 heteroatoms. The molecule has 122 valence electrons. The molecule has 1 aromatic carbocycles. The van der Waals surface area contributed by atoms with E-state index in [4.69, 9.17) is 0 Å². The Balaban J connectivity index is 1.45. The van der Waals surface area contributed by atoms with Crippen molar-refractivity contribution in [2.45, 2.75) is 19.4 Å². The molecule has 1 aromatic heterocycles. The number of benzene rings is 1. The van der Waals surface area contributed by atoms with Crippen LogP contribution in [0.25, 0.3) is 0 Å². The van der Waals surface area contributed by atoms with Gasteiger partial charge >= 0.3 is 0 Å². The molecule has 0 radical (unpaired) electrons. The van der Waals surface area contributed by atoms with Crippen LogP contribution in [0.2, 0.25) is 0 Å². The number of hydrogen-bond donors (Lipinski definition) is 1. The van der Waals surface area contributed by atoms with E-state index in [0.717, 1.165) is 50.7 Å². The van der Waals surface area contributed by atoms with E-state index in [1.54, 1.807) is 12.4 Å². The maximum atomic E-state index is 10.3. The summed E-state index contributed by atoms with van der Waals surface area (Å²) >= 11 is 0. The molecular weight excluding hydrogens is 288 g/mol. The van der Waals surface area contributed by atoms with Crippen molar-refractivity contribution in [3.05, 3.63) is 53.9 Å². The lowest BCUT2D eigenvalue weighted by atomic mass is 10.0. The van der Waals surface area contributed by atoms with Crippen LogP contribution >= 0.6 is 0 Å². The van der Waals surface area contributed by atoms with E-state index in [0.29, 0.717) is 0 Å². The fourth-order valence-electron chi connectivity index (χ4n) is 2.89. The van der Waals surface area contributed by atoms with Crippen molar-refractivity contribution < 1.29 is 5.11 Å². The second-order valence-corrected chi connectivity index (χ2v) is 6.09. The number of anilines is 1. The quantitative estimate of drug-likeness (QED) is 0.915. The number of nitrogens with zero attached hydrogens (tertiary/aromatic N) is 4. The molecule has 0 amide bonds. The van der Waals surface area contributed by atoms with Crippen molar-refractivity contribution in [2.24, 2.45) is 0 Å². The highest BCUT2D eigenvalue weighted by Crippen LogP contribution is 2.18. The van der Waals surface area contributed by atoms with Crippen molar-refractivity contribution >= 4 is 5.95 Å². The average molecular weight is 312 g/mol. The number of aromatic nitrogens is 2. The number of hydrogen-bond acceptors (Lipinski definition) is 5. The molecule has 1 N–H and O–H groups in total. The zero-order chi connectivity index (χ0) is 16.1. The Morgan fingerprint density at radius 1 is 1.04 bits per heavy atom. The first-order valence-electron chi connectivity index (χ1n) is 8.21. The van der Waals surface area contributed by atoms with Crippen LogP contribution in [-0.4, -0.2) is 52.7 Å². The first-order chi connectivity index (χ1) is 11.2. The zero-order valence-corrected chi connectivity index (χ0v) is 13.6. The molecule has 5 nitrogen and oxygen atoms in total. The largest absolute Gasteiger partial charge is 0.388 e. The van der Waals surface area contributed by atoms with Crippen molar-refractivity contribution in [2.75, 3.05) is 37.6 Å². The van der Waals surface area contributed by atoms with Gasteiger partial charge in [0, 0.05) is 45.1 Å². The second-order valence-electron chi connectivity index (χ2n) is 6.09. The Bertz CT molecular complexity index is 594. The lowest BCUT2D eigenvalue weighted by Crippen LogP contribution is -2.47. The Kier molecular flexibility index (Phi) is 5.20. The lowest BCUT2D eigenvalue weighted by molar-refractivity contribution is 0.139. The van der Waals surface area contributed by atoms with Crippen LogP contribution in [0.15, 0.2) is 42.7 Å². The Morgan fingerprint density at radius 3 is 2.35 bits per heavy atom. The summed E-state index contributed by atoms with van der Waals surface area (Å²) in [6, 6.07) is 9.98. The third kappa shape index (κ3) is 4.27. The van der Waals surface area contributed by atoms with Crippen molar-refractivity contribution in [3.8, 4) is 0 Å². The van der Waals surface area contributed by atoms with E-state index in [2.05, 4.69) is 38.8 Å². The predicted molar refractivity (Wildman–Crippen MR) is 91.4 cm³/mol. The number of aliphatic hydroxyl groups excluding tert-OH is 1. The smallest absolute Gasteiger partial charge is 0.225 e. The minimum atomic E-state index is -0.383. The number of piperazine rings is 1. The molecule has 2 heterocycles. The van der Waals surface area contributed by atoms with E-state index in [-0.39, 0.29) is 6.10 Å². The second kappa shape index (κ2) is 7.53. The van der Waals surface area contributed by atoms with Crippen LogP contribution in [0.3, 0.4) is 0 Å². The molecule has 0 spiro atoms. The van der Waals surface area contributed by atoms with Crippen molar-refractivity contribution in [1.29, 1.82) is 0 Å². The molecule has 1 unspecified atom stereocenters. The molecule has 3 rings (SSSR count). The summed E-state index contributed by atoms with van der Waals surface area (Å²) in [7, 11) is 0. The summed E-state index contributed by atoms with van der Waals surface area (Å²) in [5.41, 5.74) is 2.23. The Morgan fingerprint density at radius 2 is 1.70 bits per heavy atom. The molecule has 1 aliphatic heterocycles. The topological polar surface area (TPSA) is 52.5 Å².